The van der Waals surface area contributed by atoms with Crippen molar-refractivity contribution in [3.05, 3.63) is 23.8 Å². The molecular weight excluding hydrogens is 278 g/mol. The van der Waals surface area contributed by atoms with E-state index in [4.69, 9.17) is 10.5 Å². The minimum atomic E-state index is -3.41. The first-order chi connectivity index (χ1) is 9.20. The molecule has 1 aromatic carbocycles. The van der Waals surface area contributed by atoms with Gasteiger partial charge < -0.3 is 10.5 Å². The Morgan fingerprint density at radius 3 is 2.50 bits per heavy atom. The Balaban J connectivity index is 2.76. The number of ether oxygens (including phenoxy) is 1. The van der Waals surface area contributed by atoms with Crippen LogP contribution in [0.25, 0.3) is 0 Å². The second kappa shape index (κ2) is 6.74. The standard InChI is InChI=1S/C14H21NO4S/c1-10(2)5-4-6-19-14(16)11-7-12(15)9-13(8-11)20(3,17)18/h7-10H,4-6,15H2,1-3H3. The molecule has 6 heteroatoms. The lowest BCUT2D eigenvalue weighted by atomic mass is 10.1. The van der Waals surface area contributed by atoms with Gasteiger partial charge in [0.05, 0.1) is 17.1 Å². The van der Waals surface area contributed by atoms with Crippen LogP contribution in [0, 0.1) is 5.92 Å². The number of rotatable bonds is 6. The van der Waals surface area contributed by atoms with Gasteiger partial charge in [0.25, 0.3) is 0 Å². The third kappa shape index (κ3) is 5.21. The molecule has 0 aromatic heterocycles. The number of hydrogen-bond donors (Lipinski definition) is 1. The maximum absolute atomic E-state index is 11.8. The van der Waals surface area contributed by atoms with Crippen LogP contribution in [0.4, 0.5) is 5.69 Å². The zero-order chi connectivity index (χ0) is 15.3. The van der Waals surface area contributed by atoms with Crippen molar-refractivity contribution in [1.29, 1.82) is 0 Å². The number of nitrogens with two attached hydrogens (primary N) is 1. The van der Waals surface area contributed by atoms with Crippen molar-refractivity contribution in [3.63, 3.8) is 0 Å². The lowest BCUT2D eigenvalue weighted by molar-refractivity contribution is 0.0494. The fraction of sp³-hybridized carbons (Fsp3) is 0.500. The highest BCUT2D eigenvalue weighted by molar-refractivity contribution is 7.90. The predicted molar refractivity (Wildman–Crippen MR) is 78.3 cm³/mol. The smallest absolute Gasteiger partial charge is 0.338 e. The van der Waals surface area contributed by atoms with E-state index in [9.17, 15) is 13.2 Å². The van der Waals surface area contributed by atoms with Crippen LogP contribution in [0.15, 0.2) is 23.1 Å². The number of carbonyl (C=O) groups excluding carboxylic acids is 1. The number of nitrogen functional groups attached to an aromatic ring is 1. The first kappa shape index (κ1) is 16.5. The van der Waals surface area contributed by atoms with Gasteiger partial charge in [-0.3, -0.25) is 0 Å². The van der Waals surface area contributed by atoms with E-state index in [1.54, 1.807) is 0 Å². The fourth-order valence-electron chi connectivity index (χ4n) is 1.69. The molecule has 0 saturated carbocycles. The SMILES string of the molecule is CC(C)CCCOC(=O)c1cc(N)cc(S(C)(=O)=O)c1. The van der Waals surface area contributed by atoms with Crippen molar-refractivity contribution in [1.82, 2.24) is 0 Å². The van der Waals surface area contributed by atoms with E-state index in [1.165, 1.54) is 18.2 Å². The van der Waals surface area contributed by atoms with Gasteiger partial charge in [-0.05, 0) is 37.0 Å². The number of hydrogen-bond acceptors (Lipinski definition) is 5. The highest BCUT2D eigenvalue weighted by Crippen LogP contribution is 2.17. The molecule has 0 amide bonds. The van der Waals surface area contributed by atoms with Crippen LogP contribution in [0.5, 0.6) is 0 Å². The summed E-state index contributed by atoms with van der Waals surface area (Å²) in [6.07, 6.45) is 2.82. The minimum absolute atomic E-state index is 0.0200. The molecule has 0 aliphatic carbocycles. The fourth-order valence-corrected chi connectivity index (χ4v) is 2.38. The maximum atomic E-state index is 11.8. The summed E-state index contributed by atoms with van der Waals surface area (Å²) in [5.41, 5.74) is 6.00. The minimum Gasteiger partial charge on any atom is -0.462 e. The van der Waals surface area contributed by atoms with Gasteiger partial charge in [0, 0.05) is 11.9 Å². The molecule has 1 rings (SSSR count). The average molecular weight is 299 g/mol. The van der Waals surface area contributed by atoms with E-state index in [0.717, 1.165) is 19.1 Å². The van der Waals surface area contributed by atoms with Gasteiger partial charge in [0.2, 0.25) is 0 Å². The molecule has 0 saturated heterocycles. The third-order valence-electron chi connectivity index (χ3n) is 2.75. The monoisotopic (exact) mass is 299 g/mol. The van der Waals surface area contributed by atoms with E-state index in [0.29, 0.717) is 12.5 Å². The van der Waals surface area contributed by atoms with Gasteiger partial charge in [-0.25, -0.2) is 13.2 Å². The number of anilines is 1. The summed E-state index contributed by atoms with van der Waals surface area (Å²) in [5, 5.41) is 0. The number of benzene rings is 1. The summed E-state index contributed by atoms with van der Waals surface area (Å²) in [6, 6.07) is 4.03. The molecule has 0 spiro atoms. The molecular formula is C14H21NO4S. The van der Waals surface area contributed by atoms with E-state index in [1.807, 2.05) is 0 Å². The Bertz CT molecular complexity index is 579. The first-order valence-electron chi connectivity index (χ1n) is 6.48. The Morgan fingerprint density at radius 1 is 1.30 bits per heavy atom. The summed E-state index contributed by atoms with van der Waals surface area (Å²) in [6.45, 7) is 4.51. The Labute approximate surface area is 120 Å². The van der Waals surface area contributed by atoms with Crippen molar-refractivity contribution in [2.45, 2.75) is 31.6 Å². The van der Waals surface area contributed by atoms with Gasteiger partial charge in [-0.1, -0.05) is 13.8 Å². The molecule has 20 heavy (non-hydrogen) atoms. The highest BCUT2D eigenvalue weighted by atomic mass is 32.2. The van der Waals surface area contributed by atoms with Crippen molar-refractivity contribution in [2.75, 3.05) is 18.6 Å². The summed E-state index contributed by atoms with van der Waals surface area (Å²) in [5.74, 6) is 0.00358. The van der Waals surface area contributed by atoms with E-state index < -0.39 is 15.8 Å². The number of carbonyl (C=O) groups is 1. The van der Waals surface area contributed by atoms with Gasteiger partial charge >= 0.3 is 5.97 Å². The molecule has 0 heterocycles. The quantitative estimate of drug-likeness (QED) is 0.494. The molecule has 0 atom stereocenters. The second-order valence-electron chi connectivity index (χ2n) is 5.23. The van der Waals surface area contributed by atoms with Crippen LogP contribution in [0.1, 0.15) is 37.0 Å². The summed E-state index contributed by atoms with van der Waals surface area (Å²) >= 11 is 0. The van der Waals surface area contributed by atoms with E-state index in [2.05, 4.69) is 13.8 Å². The molecule has 1 aromatic rings. The van der Waals surface area contributed by atoms with E-state index in [-0.39, 0.29) is 16.1 Å². The van der Waals surface area contributed by atoms with Crippen LogP contribution in [-0.4, -0.2) is 27.2 Å². The van der Waals surface area contributed by atoms with Crippen LogP contribution < -0.4 is 5.73 Å². The molecule has 0 bridgehead atoms. The van der Waals surface area contributed by atoms with Crippen molar-refractivity contribution < 1.29 is 17.9 Å². The van der Waals surface area contributed by atoms with Crippen molar-refractivity contribution in [2.24, 2.45) is 5.92 Å². The van der Waals surface area contributed by atoms with Crippen LogP contribution in [0.2, 0.25) is 0 Å². The zero-order valence-electron chi connectivity index (χ0n) is 12.0. The molecule has 5 nitrogen and oxygen atoms in total. The topological polar surface area (TPSA) is 86.5 Å². The normalized spacial score (nSPS) is 11.6. The summed E-state index contributed by atoms with van der Waals surface area (Å²) in [7, 11) is -3.41. The Hall–Kier alpha value is -1.56. The molecule has 0 aliphatic rings. The summed E-state index contributed by atoms with van der Waals surface area (Å²) in [4.78, 5) is 11.9. The molecule has 0 unspecified atom stereocenters. The Kier molecular flexibility index (Phi) is 5.56. The first-order valence-corrected chi connectivity index (χ1v) is 8.37. The van der Waals surface area contributed by atoms with Crippen molar-refractivity contribution in [3.8, 4) is 0 Å². The summed E-state index contributed by atoms with van der Waals surface area (Å²) < 4.78 is 28.1. The lowest BCUT2D eigenvalue weighted by Gasteiger charge is -2.08. The number of esters is 1. The number of sulfone groups is 1. The van der Waals surface area contributed by atoms with Gasteiger partial charge in [-0.15, -0.1) is 0 Å². The van der Waals surface area contributed by atoms with Gasteiger partial charge in [-0.2, -0.15) is 0 Å². The van der Waals surface area contributed by atoms with Crippen LogP contribution in [-0.2, 0) is 14.6 Å². The molecule has 0 fully saturated rings. The zero-order valence-corrected chi connectivity index (χ0v) is 12.9. The van der Waals surface area contributed by atoms with Crippen molar-refractivity contribution >= 4 is 21.5 Å². The Morgan fingerprint density at radius 2 is 1.95 bits per heavy atom. The van der Waals surface area contributed by atoms with E-state index >= 15 is 0 Å². The van der Waals surface area contributed by atoms with Gasteiger partial charge in [0.15, 0.2) is 9.84 Å². The molecule has 0 aliphatic heterocycles. The average Bonchev–Trinajstić information content (AvgIpc) is 2.32. The largest absolute Gasteiger partial charge is 0.462 e. The van der Waals surface area contributed by atoms with Crippen LogP contribution in [0.3, 0.4) is 0 Å². The maximum Gasteiger partial charge on any atom is 0.338 e. The second-order valence-corrected chi connectivity index (χ2v) is 7.25. The molecule has 112 valence electrons. The predicted octanol–water partition coefficient (Wildman–Crippen LogP) is 2.27. The molecule has 0 radical (unpaired) electrons. The van der Waals surface area contributed by atoms with Gasteiger partial charge in [0.1, 0.15) is 0 Å². The van der Waals surface area contributed by atoms with Crippen LogP contribution >= 0.6 is 0 Å². The highest BCUT2D eigenvalue weighted by Gasteiger charge is 2.14. The molecule has 2 N–H and O–H groups in total. The lowest BCUT2D eigenvalue weighted by Crippen LogP contribution is -2.09. The third-order valence-corrected chi connectivity index (χ3v) is 3.84.